The maximum absolute atomic E-state index is 12.7. The van der Waals surface area contributed by atoms with Gasteiger partial charge in [0.15, 0.2) is 0 Å². The largest absolute Gasteiger partial charge is 0.303 e. The molecule has 0 bridgehead atoms. The predicted octanol–water partition coefficient (Wildman–Crippen LogP) is 2.01. The van der Waals surface area contributed by atoms with Gasteiger partial charge in [-0.05, 0) is 76.0 Å². The molecule has 0 aliphatic carbocycles. The number of sulfonamides is 2. The van der Waals surface area contributed by atoms with Gasteiger partial charge in [0.05, 0.1) is 9.79 Å². The molecule has 9 heteroatoms. The highest BCUT2D eigenvalue weighted by Gasteiger charge is 2.27. The minimum absolute atomic E-state index is 0.0742. The van der Waals surface area contributed by atoms with Crippen molar-refractivity contribution < 1.29 is 16.8 Å². The maximum Gasteiger partial charge on any atom is 0.243 e. The molecular formula is C19H31N3O4S2. The van der Waals surface area contributed by atoms with E-state index in [1.807, 2.05) is 0 Å². The summed E-state index contributed by atoms with van der Waals surface area (Å²) >= 11 is 0. The molecule has 2 heterocycles. The van der Waals surface area contributed by atoms with Crippen molar-refractivity contribution in [2.24, 2.45) is 0 Å². The zero-order chi connectivity index (χ0) is 20.2. The Balaban J connectivity index is 1.65. The Morgan fingerprint density at radius 1 is 0.893 bits per heavy atom. The Kier molecular flexibility index (Phi) is 7.14. The summed E-state index contributed by atoms with van der Waals surface area (Å²) in [7, 11) is -7.20. The first-order valence-corrected chi connectivity index (χ1v) is 13.1. The predicted molar refractivity (Wildman–Crippen MR) is 109 cm³/mol. The van der Waals surface area contributed by atoms with Gasteiger partial charge in [0.25, 0.3) is 0 Å². The maximum atomic E-state index is 12.7. The molecule has 1 aromatic rings. The van der Waals surface area contributed by atoms with Crippen LogP contribution in [0.2, 0.25) is 0 Å². The minimum Gasteiger partial charge on any atom is -0.303 e. The van der Waals surface area contributed by atoms with Crippen LogP contribution in [0.4, 0.5) is 0 Å². The summed E-state index contributed by atoms with van der Waals surface area (Å²) in [6.07, 6.45) is 5.47. The van der Waals surface area contributed by atoms with Gasteiger partial charge in [0, 0.05) is 19.1 Å². The summed E-state index contributed by atoms with van der Waals surface area (Å²) in [6.45, 7) is 6.04. The van der Waals surface area contributed by atoms with Crippen molar-refractivity contribution in [3.8, 4) is 0 Å². The van der Waals surface area contributed by atoms with E-state index in [-0.39, 0.29) is 15.8 Å². The van der Waals surface area contributed by atoms with Crippen LogP contribution in [0.25, 0.3) is 0 Å². The van der Waals surface area contributed by atoms with Crippen LogP contribution in [-0.4, -0.2) is 64.8 Å². The van der Waals surface area contributed by atoms with E-state index in [2.05, 4.69) is 16.5 Å². The Hall–Kier alpha value is -1.00. The quantitative estimate of drug-likeness (QED) is 0.717. The molecule has 0 unspecified atom stereocenters. The number of nitrogens with one attached hydrogen (secondary N) is 1. The molecule has 2 saturated heterocycles. The fraction of sp³-hybridized carbons (Fsp3) is 0.684. The van der Waals surface area contributed by atoms with Crippen LogP contribution in [0, 0.1) is 0 Å². The number of likely N-dealkylation sites (tertiary alicyclic amines) is 1. The highest BCUT2D eigenvalue weighted by atomic mass is 32.2. The van der Waals surface area contributed by atoms with E-state index in [0.717, 1.165) is 58.2 Å². The molecular weight excluding hydrogens is 398 g/mol. The minimum atomic E-state index is -3.65. The van der Waals surface area contributed by atoms with Crippen molar-refractivity contribution in [1.82, 2.24) is 13.9 Å². The Bertz CT molecular complexity index is 840. The van der Waals surface area contributed by atoms with E-state index >= 15 is 0 Å². The number of nitrogens with zero attached hydrogens (tertiary/aromatic N) is 2. The van der Waals surface area contributed by atoms with Crippen molar-refractivity contribution >= 4 is 20.0 Å². The van der Waals surface area contributed by atoms with E-state index < -0.39 is 20.0 Å². The molecule has 3 rings (SSSR count). The highest BCUT2D eigenvalue weighted by Crippen LogP contribution is 2.22. The van der Waals surface area contributed by atoms with Gasteiger partial charge in [-0.25, -0.2) is 21.6 Å². The lowest BCUT2D eigenvalue weighted by Crippen LogP contribution is -2.44. The second kappa shape index (κ2) is 9.21. The standard InChI is InChI=1S/C19H31N3O4S2/c1-2-12-21-15-10-17(11-16-21)20-27(23,24)18-6-8-19(9-7-18)28(25,26)22-13-4-3-5-14-22/h6-9,17,20H,2-5,10-16H2,1H3. The number of hydrogen-bond acceptors (Lipinski definition) is 5. The van der Waals surface area contributed by atoms with E-state index in [1.54, 1.807) is 0 Å². The molecule has 0 radical (unpaired) electrons. The molecule has 2 aliphatic rings. The zero-order valence-electron chi connectivity index (χ0n) is 16.5. The van der Waals surface area contributed by atoms with Gasteiger partial charge in [-0.1, -0.05) is 13.3 Å². The molecule has 0 saturated carbocycles. The summed E-state index contributed by atoms with van der Waals surface area (Å²) in [6, 6.07) is 5.52. The molecule has 2 fully saturated rings. The van der Waals surface area contributed by atoms with Crippen LogP contribution in [0.15, 0.2) is 34.1 Å². The summed E-state index contributed by atoms with van der Waals surface area (Å²) in [4.78, 5) is 2.62. The van der Waals surface area contributed by atoms with Crippen molar-refractivity contribution in [3.63, 3.8) is 0 Å². The second-order valence-electron chi connectivity index (χ2n) is 7.67. The normalized spacial score (nSPS) is 21.0. The molecule has 0 amide bonds. The highest BCUT2D eigenvalue weighted by molar-refractivity contribution is 7.89. The lowest BCUT2D eigenvalue weighted by molar-refractivity contribution is 0.208. The third-order valence-electron chi connectivity index (χ3n) is 5.54. The van der Waals surface area contributed by atoms with E-state index in [1.165, 1.54) is 28.6 Å². The third-order valence-corrected chi connectivity index (χ3v) is 8.99. The van der Waals surface area contributed by atoms with Gasteiger partial charge in [-0.3, -0.25) is 0 Å². The molecule has 0 atom stereocenters. The second-order valence-corrected chi connectivity index (χ2v) is 11.3. The Morgan fingerprint density at radius 2 is 1.46 bits per heavy atom. The van der Waals surface area contributed by atoms with Gasteiger partial charge in [-0.2, -0.15) is 4.31 Å². The average Bonchev–Trinajstić information content (AvgIpc) is 2.70. The molecule has 0 spiro atoms. The molecule has 158 valence electrons. The topological polar surface area (TPSA) is 86.8 Å². The summed E-state index contributed by atoms with van der Waals surface area (Å²) in [5.74, 6) is 0. The lowest BCUT2D eigenvalue weighted by Gasteiger charge is -2.31. The van der Waals surface area contributed by atoms with Gasteiger partial charge in [0.1, 0.15) is 0 Å². The summed E-state index contributed by atoms with van der Waals surface area (Å²) in [5, 5.41) is 0. The van der Waals surface area contributed by atoms with Gasteiger partial charge in [0.2, 0.25) is 20.0 Å². The first-order chi connectivity index (χ1) is 13.3. The molecule has 7 nitrogen and oxygen atoms in total. The first kappa shape index (κ1) is 21.7. The van der Waals surface area contributed by atoms with Gasteiger partial charge >= 0.3 is 0 Å². The van der Waals surface area contributed by atoms with Crippen molar-refractivity contribution in [1.29, 1.82) is 0 Å². The average molecular weight is 430 g/mol. The summed E-state index contributed by atoms with van der Waals surface area (Å²) in [5.41, 5.74) is 0. The van der Waals surface area contributed by atoms with Crippen molar-refractivity contribution in [2.45, 2.75) is 61.3 Å². The number of hydrogen-bond donors (Lipinski definition) is 1. The van der Waals surface area contributed by atoms with E-state index in [4.69, 9.17) is 0 Å². The Labute approximate surface area is 169 Å². The van der Waals surface area contributed by atoms with E-state index in [0.29, 0.717) is 13.1 Å². The van der Waals surface area contributed by atoms with Crippen LogP contribution in [0.5, 0.6) is 0 Å². The fourth-order valence-corrected chi connectivity index (χ4v) is 6.75. The Morgan fingerprint density at radius 3 is 2.04 bits per heavy atom. The monoisotopic (exact) mass is 429 g/mol. The smallest absolute Gasteiger partial charge is 0.243 e. The molecule has 28 heavy (non-hydrogen) atoms. The van der Waals surface area contributed by atoms with E-state index in [9.17, 15) is 16.8 Å². The number of benzene rings is 1. The molecule has 1 N–H and O–H groups in total. The summed E-state index contributed by atoms with van der Waals surface area (Å²) < 4.78 is 55.1. The first-order valence-electron chi connectivity index (χ1n) is 10.2. The van der Waals surface area contributed by atoms with Crippen LogP contribution in [0.3, 0.4) is 0 Å². The fourth-order valence-electron chi connectivity index (χ4n) is 3.92. The van der Waals surface area contributed by atoms with Crippen LogP contribution in [-0.2, 0) is 20.0 Å². The SMILES string of the molecule is CCCN1CCC(NS(=O)(=O)c2ccc(S(=O)(=O)N3CCCCC3)cc2)CC1. The van der Waals surface area contributed by atoms with Gasteiger partial charge in [-0.15, -0.1) is 0 Å². The van der Waals surface area contributed by atoms with Gasteiger partial charge < -0.3 is 4.90 Å². The number of piperidine rings is 2. The van der Waals surface area contributed by atoms with Crippen LogP contribution < -0.4 is 4.72 Å². The molecule has 1 aromatic carbocycles. The molecule has 2 aliphatic heterocycles. The van der Waals surface area contributed by atoms with Crippen molar-refractivity contribution in [2.75, 3.05) is 32.7 Å². The zero-order valence-corrected chi connectivity index (χ0v) is 18.1. The van der Waals surface area contributed by atoms with Crippen LogP contribution >= 0.6 is 0 Å². The lowest BCUT2D eigenvalue weighted by atomic mass is 10.1. The third kappa shape index (κ3) is 5.13. The number of rotatable bonds is 7. The molecule has 0 aromatic heterocycles. The van der Waals surface area contributed by atoms with Crippen LogP contribution in [0.1, 0.15) is 45.4 Å². The van der Waals surface area contributed by atoms with Crippen molar-refractivity contribution in [3.05, 3.63) is 24.3 Å².